The minimum absolute atomic E-state index is 0. The molecule has 0 aromatic carbocycles. The van der Waals surface area contributed by atoms with E-state index < -0.39 is 0 Å². The van der Waals surface area contributed by atoms with Gasteiger partial charge in [-0.2, -0.15) is 10.2 Å². The fourth-order valence-corrected chi connectivity index (χ4v) is 2.84. The monoisotopic (exact) mass is 516 g/mol. The van der Waals surface area contributed by atoms with Gasteiger partial charge in [0.25, 0.3) is 0 Å². The third-order valence-electron chi connectivity index (χ3n) is 4.59. The molecule has 0 aliphatic heterocycles. The Bertz CT molecular complexity index is 539. The van der Waals surface area contributed by atoms with Crippen LogP contribution in [0.15, 0.2) is 10.2 Å². The molecule has 0 heterocycles. The van der Waals surface area contributed by atoms with Crippen molar-refractivity contribution in [1.29, 1.82) is 0 Å². The molecular weight excluding hydrogens is 475 g/mol. The molecule has 0 amide bonds. The van der Waals surface area contributed by atoms with E-state index in [9.17, 15) is 0 Å². The van der Waals surface area contributed by atoms with Crippen LogP contribution in [-0.2, 0) is 0 Å². The number of likely N-dealkylation sites (N-methyl/N-ethyl adjacent to an activating group) is 2. The minimum Gasteiger partial charge on any atom is -0.360 e. The molecule has 0 fully saturated rings. The molecular formula is C19H42Cl2N8S2. The van der Waals surface area contributed by atoms with E-state index >= 15 is 0 Å². The quantitative estimate of drug-likeness (QED) is 0.159. The van der Waals surface area contributed by atoms with Crippen molar-refractivity contribution < 1.29 is 0 Å². The van der Waals surface area contributed by atoms with E-state index in [4.69, 9.17) is 24.4 Å². The molecule has 4 N–H and O–H groups in total. The lowest BCUT2D eigenvalue weighted by Crippen LogP contribution is -2.39. The average molecular weight is 518 g/mol. The van der Waals surface area contributed by atoms with Gasteiger partial charge in [-0.3, -0.25) is 10.9 Å². The van der Waals surface area contributed by atoms with Crippen molar-refractivity contribution >= 4 is 70.9 Å². The largest absolute Gasteiger partial charge is 0.360 e. The van der Waals surface area contributed by atoms with Crippen LogP contribution in [0.1, 0.15) is 48.0 Å². The molecule has 0 rings (SSSR count). The number of thiocarbonyl (C=S) groups is 2. The molecule has 0 radical (unpaired) electrons. The Hall–Kier alpha value is -0.780. The first kappa shape index (κ1) is 34.8. The molecule has 12 heteroatoms. The number of halogens is 2. The van der Waals surface area contributed by atoms with Crippen LogP contribution in [0.4, 0.5) is 0 Å². The molecule has 184 valence electrons. The van der Waals surface area contributed by atoms with Crippen molar-refractivity contribution in [2.75, 3.05) is 52.4 Å². The lowest BCUT2D eigenvalue weighted by molar-refractivity contribution is 0.308. The van der Waals surface area contributed by atoms with Crippen LogP contribution in [0.5, 0.6) is 0 Å². The van der Waals surface area contributed by atoms with Crippen LogP contribution in [0.3, 0.4) is 0 Å². The first-order chi connectivity index (χ1) is 13.9. The summed E-state index contributed by atoms with van der Waals surface area (Å²) >= 11 is 10.6. The van der Waals surface area contributed by atoms with Crippen molar-refractivity contribution in [3.05, 3.63) is 0 Å². The van der Waals surface area contributed by atoms with Crippen molar-refractivity contribution in [3.8, 4) is 0 Å². The first-order valence-corrected chi connectivity index (χ1v) is 11.4. The van der Waals surface area contributed by atoms with Gasteiger partial charge in [0.2, 0.25) is 0 Å². The summed E-state index contributed by atoms with van der Waals surface area (Å²) in [6.07, 6.45) is 0.730. The highest BCUT2D eigenvalue weighted by atomic mass is 35.5. The van der Waals surface area contributed by atoms with Crippen LogP contribution in [0, 0.1) is 0 Å². The SMILES string of the molecule is CCC(=NNC(=S)NCCN(CC)CC)C(C)=NNC(=S)NCCN(CC)CC.Cl.Cl. The number of rotatable bonds is 14. The van der Waals surface area contributed by atoms with Gasteiger partial charge in [0.15, 0.2) is 10.2 Å². The topological polar surface area (TPSA) is 79.3 Å². The van der Waals surface area contributed by atoms with Gasteiger partial charge < -0.3 is 20.4 Å². The molecule has 0 saturated heterocycles. The van der Waals surface area contributed by atoms with E-state index in [1.54, 1.807) is 0 Å². The zero-order valence-electron chi connectivity index (χ0n) is 19.8. The minimum atomic E-state index is 0. The summed E-state index contributed by atoms with van der Waals surface area (Å²) in [5.41, 5.74) is 7.36. The van der Waals surface area contributed by atoms with Crippen LogP contribution >= 0.6 is 49.2 Å². The lowest BCUT2D eigenvalue weighted by Gasteiger charge is -2.18. The second kappa shape index (κ2) is 22.4. The number of hydrazone groups is 2. The van der Waals surface area contributed by atoms with Crippen molar-refractivity contribution in [1.82, 2.24) is 31.3 Å². The molecule has 0 saturated carbocycles. The van der Waals surface area contributed by atoms with Crippen molar-refractivity contribution in [2.45, 2.75) is 48.0 Å². The fraction of sp³-hybridized carbons (Fsp3) is 0.789. The zero-order chi connectivity index (χ0) is 22.1. The second-order valence-electron chi connectivity index (χ2n) is 6.40. The maximum Gasteiger partial charge on any atom is 0.187 e. The van der Waals surface area contributed by atoms with Crippen LogP contribution in [0.2, 0.25) is 0 Å². The Balaban J connectivity index is -0.00000392. The summed E-state index contributed by atoms with van der Waals surface area (Å²) < 4.78 is 0. The Morgan fingerprint density at radius 2 is 1.10 bits per heavy atom. The second-order valence-corrected chi connectivity index (χ2v) is 7.21. The van der Waals surface area contributed by atoms with Crippen molar-refractivity contribution in [3.63, 3.8) is 0 Å². The highest BCUT2D eigenvalue weighted by Crippen LogP contribution is 1.90. The zero-order valence-corrected chi connectivity index (χ0v) is 23.1. The summed E-state index contributed by atoms with van der Waals surface area (Å²) in [6, 6.07) is 0. The van der Waals surface area contributed by atoms with E-state index in [1.165, 1.54) is 0 Å². The van der Waals surface area contributed by atoms with Gasteiger partial charge in [-0.15, -0.1) is 24.8 Å². The molecule has 0 atom stereocenters. The molecule has 31 heavy (non-hydrogen) atoms. The summed E-state index contributed by atoms with van der Waals surface area (Å²) in [5, 5.41) is 16.1. The Kier molecular flexibility index (Phi) is 25.2. The van der Waals surface area contributed by atoms with E-state index in [-0.39, 0.29) is 24.8 Å². The highest BCUT2D eigenvalue weighted by Gasteiger charge is 2.04. The molecule has 8 nitrogen and oxygen atoms in total. The van der Waals surface area contributed by atoms with E-state index in [2.05, 4.69) is 69.2 Å². The number of nitrogens with zero attached hydrogens (tertiary/aromatic N) is 4. The third kappa shape index (κ3) is 17.5. The van der Waals surface area contributed by atoms with Gasteiger partial charge in [-0.1, -0.05) is 34.6 Å². The first-order valence-electron chi connectivity index (χ1n) is 10.5. The predicted molar refractivity (Wildman–Crippen MR) is 148 cm³/mol. The normalized spacial score (nSPS) is 11.5. The lowest BCUT2D eigenvalue weighted by atomic mass is 10.2. The molecule has 0 spiro atoms. The molecule has 0 bridgehead atoms. The Morgan fingerprint density at radius 1 is 0.710 bits per heavy atom. The van der Waals surface area contributed by atoms with Gasteiger partial charge in [0.05, 0.1) is 11.4 Å². The predicted octanol–water partition coefficient (Wildman–Crippen LogP) is 2.58. The number of hydrogen-bond donors (Lipinski definition) is 4. The summed E-state index contributed by atoms with van der Waals surface area (Å²) in [5.74, 6) is 0. The Morgan fingerprint density at radius 3 is 1.45 bits per heavy atom. The van der Waals surface area contributed by atoms with E-state index in [1.807, 2.05) is 13.8 Å². The maximum atomic E-state index is 5.29. The van der Waals surface area contributed by atoms with Gasteiger partial charge in [-0.25, -0.2) is 0 Å². The number of hydrogen-bond acceptors (Lipinski definition) is 6. The summed E-state index contributed by atoms with van der Waals surface area (Å²) in [6.45, 7) is 20.1. The van der Waals surface area contributed by atoms with Crippen LogP contribution < -0.4 is 21.5 Å². The Labute approximate surface area is 212 Å². The van der Waals surface area contributed by atoms with Crippen LogP contribution in [-0.4, -0.2) is 83.8 Å². The average Bonchev–Trinajstić information content (AvgIpc) is 2.73. The molecule has 0 aromatic heterocycles. The van der Waals surface area contributed by atoms with Gasteiger partial charge in [0.1, 0.15) is 0 Å². The van der Waals surface area contributed by atoms with Crippen LogP contribution in [0.25, 0.3) is 0 Å². The smallest absolute Gasteiger partial charge is 0.187 e. The van der Waals surface area contributed by atoms with Gasteiger partial charge in [0, 0.05) is 26.2 Å². The van der Waals surface area contributed by atoms with Gasteiger partial charge >= 0.3 is 0 Å². The molecule has 0 unspecified atom stereocenters. The molecule has 0 aliphatic rings. The van der Waals surface area contributed by atoms with Gasteiger partial charge in [-0.05, 0) is 64.0 Å². The summed E-state index contributed by atoms with van der Waals surface area (Å²) in [4.78, 5) is 4.66. The van der Waals surface area contributed by atoms with E-state index in [0.29, 0.717) is 10.2 Å². The summed E-state index contributed by atoms with van der Waals surface area (Å²) in [7, 11) is 0. The third-order valence-corrected chi connectivity index (χ3v) is 5.06. The number of nitrogens with one attached hydrogen (secondary N) is 4. The molecule has 0 aliphatic carbocycles. The fourth-order valence-electron chi connectivity index (χ4n) is 2.55. The van der Waals surface area contributed by atoms with Crippen molar-refractivity contribution in [2.24, 2.45) is 10.2 Å². The standard InChI is InChI=1S/C19H40N8S2.2ClH/c1-7-17(23-25-19(29)21-13-15-27(10-4)11-5)16(6)22-24-18(28)20-12-14-26(8-2)9-3;;/h7-15H2,1-6H3,(H2,20,24,28)(H2,21,25,29);2*1H. The molecule has 0 aromatic rings. The highest BCUT2D eigenvalue weighted by molar-refractivity contribution is 7.80. The maximum absolute atomic E-state index is 5.29. The van der Waals surface area contributed by atoms with E-state index in [0.717, 1.165) is 70.2 Å².